The zero-order chi connectivity index (χ0) is 17.5. The number of carbonyl (C=O) groups is 1. The summed E-state index contributed by atoms with van der Waals surface area (Å²) < 4.78 is 0. The molecule has 25 heavy (non-hydrogen) atoms. The molecule has 0 aliphatic carbocycles. The van der Waals surface area contributed by atoms with Gasteiger partial charge in [0, 0.05) is 25.9 Å². The predicted octanol–water partition coefficient (Wildman–Crippen LogP) is 2.93. The van der Waals surface area contributed by atoms with Gasteiger partial charge in [-0.3, -0.25) is 4.79 Å². The standard InChI is InChI=1S/C20H25N3O2/c24-14-6-9-18(16-7-2-1-3-8-16)22-20(25)17-10-11-19(21-15-17)23-12-4-5-13-23/h1-3,7-8,10-11,15,18,24H,4-6,9,12-14H2,(H,22,25). The van der Waals surface area contributed by atoms with Crippen molar-refractivity contribution < 1.29 is 9.90 Å². The number of nitrogens with zero attached hydrogens (tertiary/aromatic N) is 2. The van der Waals surface area contributed by atoms with Crippen LogP contribution >= 0.6 is 0 Å². The summed E-state index contributed by atoms with van der Waals surface area (Å²) in [5, 5.41) is 12.2. The molecule has 1 aromatic carbocycles. The summed E-state index contributed by atoms with van der Waals surface area (Å²) in [5.41, 5.74) is 1.61. The minimum atomic E-state index is -0.132. The minimum absolute atomic E-state index is 0.112. The quantitative estimate of drug-likeness (QED) is 0.814. The number of hydrogen-bond donors (Lipinski definition) is 2. The van der Waals surface area contributed by atoms with Gasteiger partial charge in [-0.2, -0.15) is 0 Å². The van der Waals surface area contributed by atoms with Crippen molar-refractivity contribution in [3.63, 3.8) is 0 Å². The summed E-state index contributed by atoms with van der Waals surface area (Å²) in [6.45, 7) is 2.19. The van der Waals surface area contributed by atoms with E-state index in [2.05, 4.69) is 15.2 Å². The summed E-state index contributed by atoms with van der Waals surface area (Å²) in [6.07, 6.45) is 5.40. The van der Waals surface area contributed by atoms with Crippen molar-refractivity contribution in [2.45, 2.75) is 31.7 Å². The van der Waals surface area contributed by atoms with Crippen LogP contribution in [0.1, 0.15) is 47.6 Å². The molecule has 0 saturated carbocycles. The molecule has 3 rings (SSSR count). The van der Waals surface area contributed by atoms with Crippen molar-refractivity contribution in [2.24, 2.45) is 0 Å². The fourth-order valence-electron chi connectivity index (χ4n) is 3.20. The fourth-order valence-corrected chi connectivity index (χ4v) is 3.20. The van der Waals surface area contributed by atoms with Crippen LogP contribution in [-0.4, -0.2) is 35.7 Å². The number of aromatic nitrogens is 1. The monoisotopic (exact) mass is 339 g/mol. The van der Waals surface area contributed by atoms with E-state index < -0.39 is 0 Å². The molecule has 1 fully saturated rings. The van der Waals surface area contributed by atoms with Crippen LogP contribution < -0.4 is 10.2 Å². The molecule has 1 saturated heterocycles. The Labute approximate surface area is 148 Å². The Balaban J connectivity index is 1.68. The van der Waals surface area contributed by atoms with Crippen molar-refractivity contribution in [3.05, 3.63) is 59.8 Å². The minimum Gasteiger partial charge on any atom is -0.396 e. The molecule has 1 aromatic heterocycles. The first-order valence-corrected chi connectivity index (χ1v) is 8.95. The molecule has 5 nitrogen and oxygen atoms in total. The molecule has 1 aliphatic rings. The molecule has 2 heterocycles. The highest BCUT2D eigenvalue weighted by atomic mass is 16.3. The Bertz CT molecular complexity index is 667. The van der Waals surface area contributed by atoms with E-state index in [1.165, 1.54) is 12.8 Å². The molecule has 0 spiro atoms. The second-order valence-corrected chi connectivity index (χ2v) is 6.40. The zero-order valence-electron chi connectivity index (χ0n) is 14.4. The summed E-state index contributed by atoms with van der Waals surface area (Å²) in [5.74, 6) is 0.807. The van der Waals surface area contributed by atoms with Crippen molar-refractivity contribution >= 4 is 11.7 Å². The first-order chi connectivity index (χ1) is 12.3. The van der Waals surface area contributed by atoms with Crippen LogP contribution in [0.3, 0.4) is 0 Å². The lowest BCUT2D eigenvalue weighted by molar-refractivity contribution is 0.0932. The summed E-state index contributed by atoms with van der Waals surface area (Å²) in [7, 11) is 0. The topological polar surface area (TPSA) is 65.5 Å². The number of hydrogen-bond acceptors (Lipinski definition) is 4. The van der Waals surface area contributed by atoms with E-state index >= 15 is 0 Å². The molecule has 5 heteroatoms. The average molecular weight is 339 g/mol. The Morgan fingerprint density at radius 1 is 1.16 bits per heavy atom. The van der Waals surface area contributed by atoms with Crippen molar-refractivity contribution in [1.29, 1.82) is 0 Å². The first kappa shape index (κ1) is 17.4. The average Bonchev–Trinajstić information content (AvgIpc) is 3.20. The van der Waals surface area contributed by atoms with E-state index in [1.807, 2.05) is 42.5 Å². The van der Waals surface area contributed by atoms with Crippen LogP contribution in [0.5, 0.6) is 0 Å². The lowest BCUT2D eigenvalue weighted by atomic mass is 10.0. The van der Waals surface area contributed by atoms with Gasteiger partial charge in [-0.15, -0.1) is 0 Å². The lowest BCUT2D eigenvalue weighted by Gasteiger charge is -2.20. The van der Waals surface area contributed by atoms with Gasteiger partial charge in [-0.25, -0.2) is 4.98 Å². The van der Waals surface area contributed by atoms with Gasteiger partial charge in [-0.1, -0.05) is 30.3 Å². The highest BCUT2D eigenvalue weighted by Gasteiger charge is 2.17. The maximum absolute atomic E-state index is 12.6. The Morgan fingerprint density at radius 3 is 2.56 bits per heavy atom. The Morgan fingerprint density at radius 2 is 1.92 bits per heavy atom. The van der Waals surface area contributed by atoms with Gasteiger partial charge in [0.05, 0.1) is 11.6 Å². The third kappa shape index (κ3) is 4.57. The van der Waals surface area contributed by atoms with E-state index in [0.717, 1.165) is 24.5 Å². The number of benzene rings is 1. The number of pyridine rings is 1. The molecular weight excluding hydrogens is 314 g/mol. The van der Waals surface area contributed by atoms with Crippen LogP contribution in [-0.2, 0) is 0 Å². The van der Waals surface area contributed by atoms with Gasteiger partial charge < -0.3 is 15.3 Å². The molecule has 0 bridgehead atoms. The maximum atomic E-state index is 12.6. The second kappa shape index (κ2) is 8.62. The number of amides is 1. The summed E-state index contributed by atoms with van der Waals surface area (Å²) in [6, 6.07) is 13.5. The van der Waals surface area contributed by atoms with Crippen LogP contribution in [0.4, 0.5) is 5.82 Å². The molecule has 1 aliphatic heterocycles. The van der Waals surface area contributed by atoms with Crippen LogP contribution in [0.25, 0.3) is 0 Å². The summed E-state index contributed by atoms with van der Waals surface area (Å²) in [4.78, 5) is 19.3. The smallest absolute Gasteiger partial charge is 0.253 e. The molecular formula is C20H25N3O2. The number of rotatable bonds is 7. The number of aliphatic hydroxyl groups is 1. The van der Waals surface area contributed by atoms with E-state index in [4.69, 9.17) is 5.11 Å². The van der Waals surface area contributed by atoms with E-state index in [-0.39, 0.29) is 18.6 Å². The molecule has 2 aromatic rings. The van der Waals surface area contributed by atoms with Gasteiger partial charge in [0.2, 0.25) is 0 Å². The Kier molecular flexibility index (Phi) is 6.01. The molecule has 0 radical (unpaired) electrons. The number of aliphatic hydroxyl groups excluding tert-OH is 1. The molecule has 1 atom stereocenters. The van der Waals surface area contributed by atoms with Crippen molar-refractivity contribution in [2.75, 3.05) is 24.6 Å². The van der Waals surface area contributed by atoms with Gasteiger partial charge in [0.1, 0.15) is 5.82 Å². The number of nitrogens with one attached hydrogen (secondary N) is 1. The molecule has 132 valence electrons. The van der Waals surface area contributed by atoms with Gasteiger partial charge in [0.25, 0.3) is 5.91 Å². The van der Waals surface area contributed by atoms with E-state index in [9.17, 15) is 4.79 Å². The number of carbonyl (C=O) groups excluding carboxylic acids is 1. The zero-order valence-corrected chi connectivity index (χ0v) is 14.4. The Hall–Kier alpha value is -2.40. The second-order valence-electron chi connectivity index (χ2n) is 6.40. The van der Waals surface area contributed by atoms with E-state index in [0.29, 0.717) is 18.4 Å². The predicted molar refractivity (Wildman–Crippen MR) is 98.7 cm³/mol. The first-order valence-electron chi connectivity index (χ1n) is 8.95. The van der Waals surface area contributed by atoms with E-state index in [1.54, 1.807) is 6.20 Å². The number of anilines is 1. The summed E-state index contributed by atoms with van der Waals surface area (Å²) >= 11 is 0. The highest BCUT2D eigenvalue weighted by Crippen LogP contribution is 2.20. The fraction of sp³-hybridized carbons (Fsp3) is 0.400. The van der Waals surface area contributed by atoms with Crippen LogP contribution in [0.2, 0.25) is 0 Å². The largest absolute Gasteiger partial charge is 0.396 e. The molecule has 1 unspecified atom stereocenters. The van der Waals surface area contributed by atoms with Crippen molar-refractivity contribution in [3.8, 4) is 0 Å². The third-order valence-corrected chi connectivity index (χ3v) is 4.60. The normalized spacial score (nSPS) is 15.2. The van der Waals surface area contributed by atoms with Gasteiger partial charge >= 0.3 is 0 Å². The van der Waals surface area contributed by atoms with Crippen molar-refractivity contribution in [1.82, 2.24) is 10.3 Å². The molecule has 2 N–H and O–H groups in total. The third-order valence-electron chi connectivity index (χ3n) is 4.60. The lowest BCUT2D eigenvalue weighted by Crippen LogP contribution is -2.29. The SMILES string of the molecule is O=C(NC(CCCO)c1ccccc1)c1ccc(N2CCCC2)nc1. The highest BCUT2D eigenvalue weighted by molar-refractivity contribution is 5.94. The van der Waals surface area contributed by atoms with Gasteiger partial charge in [0.15, 0.2) is 0 Å². The van der Waals surface area contributed by atoms with Crippen LogP contribution in [0, 0.1) is 0 Å². The maximum Gasteiger partial charge on any atom is 0.253 e. The molecule has 1 amide bonds. The van der Waals surface area contributed by atoms with Crippen LogP contribution in [0.15, 0.2) is 48.7 Å². The van der Waals surface area contributed by atoms with Gasteiger partial charge in [-0.05, 0) is 43.4 Å².